The number of amides is 3. The maximum Gasteiger partial charge on any atom is 0.255 e. The largest absolute Gasteiger partial charge is 0.388 e. The molecule has 2 atom stereocenters. The van der Waals surface area contributed by atoms with E-state index in [9.17, 15) is 14.4 Å². The SMILES string of the molecule is CCCNC(=O)C(c1ccccc1)C1CCN(c2ccc(NC(=O)c3ccccc3CSc3ccccc3)cc2)CC1.CCCNC(=O)C(c1ccccc1)C1CCN(c2ccc(NC)cc2)CC1. The van der Waals surface area contributed by atoms with E-state index in [1.54, 1.807) is 11.8 Å². The Balaban J connectivity index is 0.000000224. The van der Waals surface area contributed by atoms with Gasteiger partial charge in [-0.2, -0.15) is 0 Å². The molecule has 2 fully saturated rings. The summed E-state index contributed by atoms with van der Waals surface area (Å²) in [6.45, 7) is 9.41. The van der Waals surface area contributed by atoms with Crippen LogP contribution in [0.1, 0.15) is 91.3 Å². The van der Waals surface area contributed by atoms with Crippen LogP contribution in [-0.2, 0) is 15.3 Å². The highest BCUT2D eigenvalue weighted by molar-refractivity contribution is 7.98. The zero-order valence-electron chi connectivity index (χ0n) is 40.6. The molecule has 0 radical (unpaired) electrons. The van der Waals surface area contributed by atoms with Gasteiger partial charge in [0, 0.05) is 85.3 Å². The predicted molar refractivity (Wildman–Crippen MR) is 288 cm³/mol. The van der Waals surface area contributed by atoms with Crippen molar-refractivity contribution in [2.75, 3.05) is 66.7 Å². The minimum atomic E-state index is -0.119. The molecule has 9 nitrogen and oxygen atoms in total. The van der Waals surface area contributed by atoms with Crippen LogP contribution in [0.15, 0.2) is 169 Å². The number of piperidine rings is 2. The summed E-state index contributed by atoms with van der Waals surface area (Å²) in [6.07, 6.45) is 5.88. The van der Waals surface area contributed by atoms with E-state index in [-0.39, 0.29) is 29.6 Å². The number of hydrogen-bond donors (Lipinski definition) is 4. The molecule has 10 heteroatoms. The molecule has 0 spiro atoms. The lowest BCUT2D eigenvalue weighted by Crippen LogP contribution is -2.40. The second kappa shape index (κ2) is 26.3. The number of nitrogens with zero attached hydrogens (tertiary/aromatic N) is 2. The Morgan fingerprint density at radius 2 is 0.957 bits per heavy atom. The summed E-state index contributed by atoms with van der Waals surface area (Å²) < 4.78 is 0. The van der Waals surface area contributed by atoms with E-state index in [1.165, 1.54) is 10.6 Å². The molecule has 2 unspecified atom stereocenters. The smallest absolute Gasteiger partial charge is 0.255 e. The molecule has 2 heterocycles. The van der Waals surface area contributed by atoms with Gasteiger partial charge in [0.05, 0.1) is 11.8 Å². The zero-order valence-corrected chi connectivity index (χ0v) is 41.4. The maximum atomic E-state index is 13.2. The standard InChI is InChI=1S/C36H39N3O2S.C23H31N3O/c1-2-23-37-36(41)34(27-11-5-3-6-12-27)28-21-24-39(25-22-28)31-19-17-30(18-20-31)38-35(40)33-16-10-9-13-29(33)26-42-32-14-7-4-8-15-32;1-3-15-25-23(27)22(18-7-5-4-6-8-18)19-13-16-26(17-14-19)21-11-9-20(24-2)10-12-21/h3-20,28,34H,2,21-26H2,1H3,(H,37,41)(H,38,40);4-12,19,22,24H,3,13-17H2,1-2H3,(H,25,27). The first kappa shape index (κ1) is 50.4. The fourth-order valence-corrected chi connectivity index (χ4v) is 10.6. The van der Waals surface area contributed by atoms with Crippen LogP contribution in [0.3, 0.4) is 0 Å². The first-order valence-electron chi connectivity index (χ1n) is 24.9. The summed E-state index contributed by atoms with van der Waals surface area (Å²) >= 11 is 1.73. The van der Waals surface area contributed by atoms with E-state index in [0.717, 1.165) is 111 Å². The first-order valence-corrected chi connectivity index (χ1v) is 25.9. The lowest BCUT2D eigenvalue weighted by molar-refractivity contribution is -0.124. The van der Waals surface area contributed by atoms with Crippen molar-refractivity contribution in [2.24, 2.45) is 11.8 Å². The second-order valence-electron chi connectivity index (χ2n) is 18.1. The van der Waals surface area contributed by atoms with Crippen LogP contribution in [0.4, 0.5) is 22.7 Å². The van der Waals surface area contributed by atoms with Gasteiger partial charge in [-0.25, -0.2) is 0 Å². The van der Waals surface area contributed by atoms with E-state index < -0.39 is 0 Å². The third-order valence-electron chi connectivity index (χ3n) is 13.4. The van der Waals surface area contributed by atoms with Gasteiger partial charge in [0.25, 0.3) is 5.91 Å². The molecule has 2 aliphatic heterocycles. The molecular weight excluding hydrogens is 873 g/mol. The fourth-order valence-electron chi connectivity index (χ4n) is 9.63. The molecule has 0 saturated carbocycles. The Labute approximate surface area is 414 Å². The molecule has 0 bridgehead atoms. The molecule has 360 valence electrons. The van der Waals surface area contributed by atoms with Crippen LogP contribution < -0.4 is 31.1 Å². The molecule has 6 aromatic carbocycles. The Kier molecular flexibility index (Phi) is 19.2. The molecule has 2 saturated heterocycles. The first-order chi connectivity index (χ1) is 33.8. The summed E-state index contributed by atoms with van der Waals surface area (Å²) in [6, 6.07) is 55.2. The lowest BCUT2D eigenvalue weighted by Gasteiger charge is -2.37. The molecule has 3 amide bonds. The van der Waals surface area contributed by atoms with Crippen molar-refractivity contribution in [3.05, 3.63) is 186 Å². The van der Waals surface area contributed by atoms with Crippen molar-refractivity contribution < 1.29 is 14.4 Å². The average molecular weight is 943 g/mol. The molecule has 0 aliphatic carbocycles. The van der Waals surface area contributed by atoms with Gasteiger partial charge in [-0.05, 0) is 134 Å². The highest BCUT2D eigenvalue weighted by Gasteiger charge is 2.34. The number of thioether (sulfide) groups is 1. The third-order valence-corrected chi connectivity index (χ3v) is 14.5. The lowest BCUT2D eigenvalue weighted by atomic mass is 9.79. The predicted octanol–water partition coefficient (Wildman–Crippen LogP) is 12.0. The van der Waals surface area contributed by atoms with Crippen molar-refractivity contribution in [1.29, 1.82) is 0 Å². The number of nitrogens with one attached hydrogen (secondary N) is 4. The van der Waals surface area contributed by atoms with Gasteiger partial charge in [0.15, 0.2) is 0 Å². The Morgan fingerprint density at radius 1 is 0.536 bits per heavy atom. The molecule has 0 aromatic heterocycles. The summed E-state index contributed by atoms with van der Waals surface area (Å²) in [5.74, 6) is 1.48. The topological polar surface area (TPSA) is 106 Å². The van der Waals surface area contributed by atoms with Gasteiger partial charge in [0.2, 0.25) is 11.8 Å². The Hall–Kier alpha value is -6.52. The van der Waals surface area contributed by atoms with Crippen LogP contribution in [-0.4, -0.2) is 64.0 Å². The van der Waals surface area contributed by atoms with E-state index in [4.69, 9.17) is 0 Å². The monoisotopic (exact) mass is 943 g/mol. The zero-order chi connectivity index (χ0) is 48.2. The minimum Gasteiger partial charge on any atom is -0.388 e. The molecule has 2 aliphatic rings. The number of carbonyl (C=O) groups is 3. The average Bonchev–Trinajstić information content (AvgIpc) is 3.41. The fraction of sp³-hybridized carbons (Fsp3) is 0.339. The van der Waals surface area contributed by atoms with E-state index in [1.807, 2.05) is 98.0 Å². The molecule has 4 N–H and O–H groups in total. The Morgan fingerprint density at radius 3 is 1.41 bits per heavy atom. The van der Waals surface area contributed by atoms with Gasteiger partial charge in [-0.15, -0.1) is 11.8 Å². The molecule has 6 aromatic rings. The number of carbonyl (C=O) groups excluding carboxylic acids is 3. The second-order valence-corrected chi connectivity index (χ2v) is 19.1. The summed E-state index contributed by atoms with van der Waals surface area (Å²) in [5.41, 5.74) is 8.26. The third kappa shape index (κ3) is 14.3. The van der Waals surface area contributed by atoms with Crippen molar-refractivity contribution in [3.8, 4) is 0 Å². The van der Waals surface area contributed by atoms with E-state index in [0.29, 0.717) is 23.9 Å². The van der Waals surface area contributed by atoms with E-state index in [2.05, 4.69) is 118 Å². The van der Waals surface area contributed by atoms with Crippen LogP contribution >= 0.6 is 11.8 Å². The van der Waals surface area contributed by atoms with Gasteiger partial charge >= 0.3 is 0 Å². The van der Waals surface area contributed by atoms with Crippen molar-refractivity contribution >= 4 is 52.2 Å². The highest BCUT2D eigenvalue weighted by atomic mass is 32.2. The number of benzene rings is 6. The normalized spacial score (nSPS) is 14.9. The summed E-state index contributed by atoms with van der Waals surface area (Å²) in [7, 11) is 1.94. The Bertz CT molecular complexity index is 2470. The van der Waals surface area contributed by atoms with Crippen LogP contribution in [0, 0.1) is 11.8 Å². The van der Waals surface area contributed by atoms with Gasteiger partial charge < -0.3 is 31.1 Å². The van der Waals surface area contributed by atoms with Crippen molar-refractivity contribution in [3.63, 3.8) is 0 Å². The van der Waals surface area contributed by atoms with Gasteiger partial charge in [-0.1, -0.05) is 111 Å². The van der Waals surface area contributed by atoms with Gasteiger partial charge in [0.1, 0.15) is 0 Å². The summed E-state index contributed by atoms with van der Waals surface area (Å²) in [4.78, 5) is 45.2. The van der Waals surface area contributed by atoms with Crippen LogP contribution in [0.2, 0.25) is 0 Å². The highest BCUT2D eigenvalue weighted by Crippen LogP contribution is 2.37. The maximum absolute atomic E-state index is 13.2. The summed E-state index contributed by atoms with van der Waals surface area (Å²) in [5, 5.41) is 12.5. The van der Waals surface area contributed by atoms with Crippen molar-refractivity contribution in [2.45, 2.75) is 74.9 Å². The number of anilines is 4. The molecular formula is C59H70N6O3S. The van der Waals surface area contributed by atoms with Crippen molar-refractivity contribution in [1.82, 2.24) is 10.6 Å². The number of hydrogen-bond acceptors (Lipinski definition) is 7. The quantitative estimate of drug-likeness (QED) is 0.0636. The van der Waals surface area contributed by atoms with Crippen LogP contribution in [0.25, 0.3) is 0 Å². The van der Waals surface area contributed by atoms with E-state index >= 15 is 0 Å². The minimum absolute atomic E-state index is 0.0495. The van der Waals surface area contributed by atoms with Gasteiger partial charge in [-0.3, -0.25) is 14.4 Å². The number of rotatable bonds is 18. The molecule has 69 heavy (non-hydrogen) atoms. The molecule has 8 rings (SSSR count). The van der Waals surface area contributed by atoms with Crippen LogP contribution in [0.5, 0.6) is 0 Å².